The Morgan fingerprint density at radius 1 is 1.25 bits per heavy atom. The molecule has 0 aliphatic rings. The number of benzene rings is 1. The van der Waals surface area contributed by atoms with Gasteiger partial charge >= 0.3 is 0 Å². The maximum atomic E-state index is 3.28. The summed E-state index contributed by atoms with van der Waals surface area (Å²) >= 11 is 3.28. The summed E-state index contributed by atoms with van der Waals surface area (Å²) in [5, 5.41) is 0. The van der Waals surface area contributed by atoms with Gasteiger partial charge in [0.25, 0.3) is 0 Å². The molecule has 1 heteroatoms. The van der Waals surface area contributed by atoms with E-state index in [0.29, 0.717) is 0 Å². The average Bonchev–Trinajstić information content (AvgIpc) is 2.16. The monoisotopic (exact) mass is 222 g/mol. The van der Waals surface area contributed by atoms with Crippen LogP contribution in [0.15, 0.2) is 47.0 Å². The van der Waals surface area contributed by atoms with E-state index in [4.69, 9.17) is 0 Å². The van der Waals surface area contributed by atoms with Gasteiger partial charge in [-0.05, 0) is 23.0 Å². The highest BCUT2D eigenvalue weighted by molar-refractivity contribution is 9.11. The molecule has 0 radical (unpaired) electrons. The molecule has 0 heterocycles. The Bertz CT molecular complexity index is 283. The van der Waals surface area contributed by atoms with E-state index in [1.165, 1.54) is 11.1 Å². The summed E-state index contributed by atoms with van der Waals surface area (Å²) in [6.45, 7) is 2.05. The molecule has 0 atom stereocenters. The predicted molar refractivity (Wildman–Crippen MR) is 58.2 cm³/mol. The second-order valence-corrected chi connectivity index (χ2v) is 3.05. The Hall–Kier alpha value is -0.820. The zero-order valence-corrected chi connectivity index (χ0v) is 8.58. The molecule has 0 aromatic heterocycles. The van der Waals surface area contributed by atoms with Crippen LogP contribution >= 0.6 is 15.9 Å². The summed E-state index contributed by atoms with van der Waals surface area (Å²) in [5.41, 5.74) is 2.44. The van der Waals surface area contributed by atoms with Crippen molar-refractivity contribution < 1.29 is 0 Å². The Labute approximate surface area is 81.7 Å². The summed E-state index contributed by atoms with van der Waals surface area (Å²) in [4.78, 5) is 1.91. The topological polar surface area (TPSA) is 0 Å². The first-order valence-corrected chi connectivity index (χ1v) is 4.74. The molecule has 1 aromatic rings. The maximum Gasteiger partial charge on any atom is -0.0160 e. The predicted octanol–water partition coefficient (Wildman–Crippen LogP) is 4.00. The third kappa shape index (κ3) is 3.05. The SMILES string of the molecule is CC(/C=C/c1ccccc1)=C\Br. The fraction of sp³-hybridized carbons (Fsp3) is 0.0909. The van der Waals surface area contributed by atoms with Crippen molar-refractivity contribution in [3.05, 3.63) is 52.5 Å². The summed E-state index contributed by atoms with van der Waals surface area (Å²) < 4.78 is 0. The van der Waals surface area contributed by atoms with E-state index in [0.717, 1.165) is 0 Å². The van der Waals surface area contributed by atoms with Crippen molar-refractivity contribution in [2.45, 2.75) is 6.92 Å². The van der Waals surface area contributed by atoms with Gasteiger partial charge in [0.05, 0.1) is 0 Å². The van der Waals surface area contributed by atoms with Gasteiger partial charge in [-0.2, -0.15) is 0 Å². The second-order valence-electron chi connectivity index (χ2n) is 2.60. The molecular formula is C11H11Br. The molecule has 0 bridgehead atoms. The smallest absolute Gasteiger partial charge is 0.0160 e. The Morgan fingerprint density at radius 3 is 2.50 bits per heavy atom. The lowest BCUT2D eigenvalue weighted by molar-refractivity contribution is 1.56. The van der Waals surface area contributed by atoms with E-state index in [9.17, 15) is 0 Å². The van der Waals surface area contributed by atoms with Gasteiger partial charge in [0.2, 0.25) is 0 Å². The number of rotatable bonds is 2. The van der Waals surface area contributed by atoms with Crippen LogP contribution in [0.5, 0.6) is 0 Å². The van der Waals surface area contributed by atoms with Crippen LogP contribution in [0, 0.1) is 0 Å². The first-order valence-electron chi connectivity index (χ1n) is 3.83. The number of allylic oxidation sites excluding steroid dienone is 2. The molecule has 0 aliphatic heterocycles. The minimum Gasteiger partial charge on any atom is -0.0622 e. The molecule has 0 saturated heterocycles. The zero-order valence-electron chi connectivity index (χ0n) is 7.00. The van der Waals surface area contributed by atoms with E-state index in [2.05, 4.69) is 40.2 Å². The molecule has 1 aromatic carbocycles. The van der Waals surface area contributed by atoms with Crippen molar-refractivity contribution >= 4 is 22.0 Å². The highest BCUT2D eigenvalue weighted by Crippen LogP contribution is 2.05. The van der Waals surface area contributed by atoms with Gasteiger partial charge < -0.3 is 0 Å². The molecule has 0 nitrogen and oxygen atoms in total. The largest absolute Gasteiger partial charge is 0.0622 e. The highest BCUT2D eigenvalue weighted by Gasteiger charge is 1.82. The minimum absolute atomic E-state index is 1.21. The second kappa shape index (κ2) is 4.94. The summed E-state index contributed by atoms with van der Waals surface area (Å²) in [5.74, 6) is 0. The molecule has 1 rings (SSSR count). The lowest BCUT2D eigenvalue weighted by Crippen LogP contribution is -1.69. The van der Waals surface area contributed by atoms with Gasteiger partial charge in [0.1, 0.15) is 0 Å². The zero-order chi connectivity index (χ0) is 8.81. The molecule has 12 heavy (non-hydrogen) atoms. The molecular weight excluding hydrogens is 212 g/mol. The summed E-state index contributed by atoms with van der Waals surface area (Å²) in [6, 6.07) is 10.3. The summed E-state index contributed by atoms with van der Waals surface area (Å²) in [6.07, 6.45) is 4.16. The van der Waals surface area contributed by atoms with Crippen LogP contribution in [0.25, 0.3) is 6.08 Å². The van der Waals surface area contributed by atoms with E-state index < -0.39 is 0 Å². The van der Waals surface area contributed by atoms with Gasteiger partial charge in [0.15, 0.2) is 0 Å². The van der Waals surface area contributed by atoms with Crippen molar-refractivity contribution in [1.82, 2.24) is 0 Å². The number of hydrogen-bond acceptors (Lipinski definition) is 0. The molecule has 62 valence electrons. The van der Waals surface area contributed by atoms with Gasteiger partial charge in [-0.15, -0.1) is 0 Å². The minimum atomic E-state index is 1.21. The van der Waals surface area contributed by atoms with Crippen LogP contribution in [0.2, 0.25) is 0 Å². The van der Waals surface area contributed by atoms with E-state index in [1.807, 2.05) is 30.1 Å². The van der Waals surface area contributed by atoms with E-state index in [-0.39, 0.29) is 0 Å². The normalized spacial score (nSPS) is 12.3. The van der Waals surface area contributed by atoms with Crippen molar-refractivity contribution in [3.8, 4) is 0 Å². The van der Waals surface area contributed by atoms with Crippen LogP contribution in [-0.4, -0.2) is 0 Å². The Balaban J connectivity index is 2.70. The molecule has 0 unspecified atom stereocenters. The van der Waals surface area contributed by atoms with Crippen molar-refractivity contribution in [3.63, 3.8) is 0 Å². The Morgan fingerprint density at radius 2 is 1.92 bits per heavy atom. The number of hydrogen-bond donors (Lipinski definition) is 0. The van der Waals surface area contributed by atoms with Gasteiger partial charge in [0, 0.05) is 0 Å². The molecule has 0 saturated carbocycles. The van der Waals surface area contributed by atoms with Gasteiger partial charge in [-0.1, -0.05) is 58.4 Å². The van der Waals surface area contributed by atoms with Crippen LogP contribution in [-0.2, 0) is 0 Å². The van der Waals surface area contributed by atoms with E-state index in [1.54, 1.807) is 0 Å². The molecule has 0 N–H and O–H groups in total. The molecule has 0 fully saturated rings. The summed E-state index contributed by atoms with van der Waals surface area (Å²) in [7, 11) is 0. The fourth-order valence-electron chi connectivity index (χ4n) is 0.828. The quantitative estimate of drug-likeness (QED) is 0.664. The lowest BCUT2D eigenvalue weighted by Gasteiger charge is -1.90. The Kier molecular flexibility index (Phi) is 3.81. The lowest BCUT2D eigenvalue weighted by atomic mass is 10.2. The first kappa shape index (κ1) is 9.27. The first-order chi connectivity index (χ1) is 5.83. The highest BCUT2D eigenvalue weighted by atomic mass is 79.9. The van der Waals surface area contributed by atoms with Crippen molar-refractivity contribution in [2.75, 3.05) is 0 Å². The molecule has 0 spiro atoms. The van der Waals surface area contributed by atoms with Gasteiger partial charge in [-0.3, -0.25) is 0 Å². The fourth-order valence-corrected chi connectivity index (χ4v) is 0.981. The maximum absolute atomic E-state index is 3.28. The average molecular weight is 223 g/mol. The van der Waals surface area contributed by atoms with Crippen molar-refractivity contribution in [1.29, 1.82) is 0 Å². The van der Waals surface area contributed by atoms with Crippen LogP contribution in [0.3, 0.4) is 0 Å². The van der Waals surface area contributed by atoms with Gasteiger partial charge in [-0.25, -0.2) is 0 Å². The van der Waals surface area contributed by atoms with E-state index >= 15 is 0 Å². The third-order valence-electron chi connectivity index (χ3n) is 1.51. The molecule has 0 amide bonds. The standard InChI is InChI=1S/C11H11Br/c1-10(9-12)7-8-11-5-3-2-4-6-11/h2-9H,1H3/b8-7+,10-9+. The van der Waals surface area contributed by atoms with Crippen molar-refractivity contribution in [2.24, 2.45) is 0 Å². The third-order valence-corrected chi connectivity index (χ3v) is 2.23. The molecule has 0 aliphatic carbocycles. The van der Waals surface area contributed by atoms with Crippen LogP contribution in [0.1, 0.15) is 12.5 Å². The van der Waals surface area contributed by atoms with Crippen LogP contribution in [0.4, 0.5) is 0 Å². The van der Waals surface area contributed by atoms with Crippen LogP contribution < -0.4 is 0 Å². The number of halogens is 1.